The Labute approximate surface area is 156 Å². The van der Waals surface area contributed by atoms with Gasteiger partial charge in [0, 0.05) is 17.1 Å². The zero-order chi connectivity index (χ0) is 18.8. The van der Waals surface area contributed by atoms with Gasteiger partial charge in [0.15, 0.2) is 5.82 Å². The first-order chi connectivity index (χ1) is 13.1. The molecule has 0 aliphatic heterocycles. The predicted octanol–water partition coefficient (Wildman–Crippen LogP) is 3.59. The van der Waals surface area contributed by atoms with Crippen molar-refractivity contribution in [1.82, 2.24) is 19.6 Å². The van der Waals surface area contributed by atoms with Gasteiger partial charge in [-0.3, -0.25) is 4.79 Å². The number of aromatic nitrogens is 4. The van der Waals surface area contributed by atoms with Gasteiger partial charge in [-0.15, -0.1) is 5.10 Å². The van der Waals surface area contributed by atoms with Crippen molar-refractivity contribution in [2.24, 2.45) is 0 Å². The molecule has 6 nitrogen and oxygen atoms in total. The number of benzene rings is 2. The van der Waals surface area contributed by atoms with E-state index >= 15 is 0 Å². The number of nitrogens with one attached hydrogen (secondary N) is 1. The third-order valence-corrected chi connectivity index (χ3v) is 4.26. The summed E-state index contributed by atoms with van der Waals surface area (Å²) in [5, 5.41) is 7.26. The van der Waals surface area contributed by atoms with Gasteiger partial charge >= 0.3 is 0 Å². The molecular formula is C21H19N5O. The molecule has 27 heavy (non-hydrogen) atoms. The fourth-order valence-electron chi connectivity index (χ4n) is 3.01. The summed E-state index contributed by atoms with van der Waals surface area (Å²) in [4.78, 5) is 21.0. The Morgan fingerprint density at radius 2 is 1.67 bits per heavy atom. The summed E-state index contributed by atoms with van der Waals surface area (Å²) in [6.07, 6.45) is 0.0995. The maximum absolute atomic E-state index is 12.3. The zero-order valence-electron chi connectivity index (χ0n) is 15.2. The summed E-state index contributed by atoms with van der Waals surface area (Å²) in [5.74, 6) is 0.810. The lowest BCUT2D eigenvalue weighted by molar-refractivity contribution is -0.115. The summed E-state index contributed by atoms with van der Waals surface area (Å²) in [5.41, 5.74) is 4.80. The van der Waals surface area contributed by atoms with Gasteiger partial charge in [-0.2, -0.15) is 4.98 Å². The quantitative estimate of drug-likeness (QED) is 0.606. The zero-order valence-corrected chi connectivity index (χ0v) is 15.2. The number of carbonyl (C=O) groups is 1. The molecule has 0 aliphatic carbocycles. The molecule has 0 saturated heterocycles. The van der Waals surface area contributed by atoms with Crippen LogP contribution in [-0.4, -0.2) is 25.5 Å². The van der Waals surface area contributed by atoms with E-state index in [0.717, 1.165) is 28.2 Å². The molecule has 0 atom stereocenters. The van der Waals surface area contributed by atoms with Crippen molar-refractivity contribution in [3.63, 3.8) is 0 Å². The molecule has 0 spiro atoms. The highest BCUT2D eigenvalue weighted by atomic mass is 16.1. The van der Waals surface area contributed by atoms with E-state index in [1.807, 2.05) is 62.4 Å². The molecule has 4 aromatic rings. The summed E-state index contributed by atoms with van der Waals surface area (Å²) in [6, 6.07) is 19.8. The molecule has 0 fully saturated rings. The minimum absolute atomic E-state index is 0.0995. The molecule has 6 heteroatoms. The Balaban J connectivity index is 1.46. The Kier molecular flexibility index (Phi) is 4.38. The van der Waals surface area contributed by atoms with Gasteiger partial charge in [0.25, 0.3) is 5.78 Å². The predicted molar refractivity (Wildman–Crippen MR) is 104 cm³/mol. The SMILES string of the molecule is Cc1cc(C)n2nc(CC(=O)Nc3ccc(-c4ccccc4)cc3)nc2n1. The number of nitrogens with zero attached hydrogens (tertiary/aromatic N) is 4. The van der Waals surface area contributed by atoms with Gasteiger partial charge in [0.1, 0.15) is 0 Å². The maximum Gasteiger partial charge on any atom is 0.252 e. The van der Waals surface area contributed by atoms with Gasteiger partial charge in [0.2, 0.25) is 5.91 Å². The number of hydrogen-bond acceptors (Lipinski definition) is 4. The molecule has 0 saturated carbocycles. The summed E-state index contributed by atoms with van der Waals surface area (Å²) in [7, 11) is 0. The number of fused-ring (bicyclic) bond motifs is 1. The van der Waals surface area contributed by atoms with Gasteiger partial charge in [-0.05, 0) is 43.2 Å². The van der Waals surface area contributed by atoms with Gasteiger partial charge in [0.05, 0.1) is 6.42 Å². The number of amides is 1. The second-order valence-corrected chi connectivity index (χ2v) is 6.45. The number of rotatable bonds is 4. The molecule has 2 aromatic heterocycles. The lowest BCUT2D eigenvalue weighted by Gasteiger charge is -2.06. The normalized spacial score (nSPS) is 10.9. The highest BCUT2D eigenvalue weighted by molar-refractivity contribution is 5.92. The number of hydrogen-bond donors (Lipinski definition) is 1. The Morgan fingerprint density at radius 3 is 2.41 bits per heavy atom. The van der Waals surface area contributed by atoms with Crippen LogP contribution in [0.15, 0.2) is 60.7 Å². The third-order valence-electron chi connectivity index (χ3n) is 4.26. The van der Waals surface area contributed by atoms with E-state index in [9.17, 15) is 4.79 Å². The molecule has 0 radical (unpaired) electrons. The van der Waals surface area contributed by atoms with Crippen LogP contribution in [0.5, 0.6) is 0 Å². The van der Waals surface area contributed by atoms with Crippen LogP contribution >= 0.6 is 0 Å². The number of aryl methyl sites for hydroxylation is 2. The van der Waals surface area contributed by atoms with Crippen molar-refractivity contribution in [3.05, 3.63) is 77.9 Å². The summed E-state index contributed by atoms with van der Waals surface area (Å²) < 4.78 is 1.66. The van der Waals surface area contributed by atoms with Crippen LogP contribution in [0.3, 0.4) is 0 Å². The first-order valence-corrected chi connectivity index (χ1v) is 8.74. The molecule has 2 aromatic carbocycles. The number of carbonyl (C=O) groups excluding carboxylic acids is 1. The first-order valence-electron chi connectivity index (χ1n) is 8.74. The van der Waals surface area contributed by atoms with Crippen LogP contribution < -0.4 is 5.32 Å². The van der Waals surface area contributed by atoms with E-state index in [1.54, 1.807) is 4.52 Å². The Morgan fingerprint density at radius 1 is 0.963 bits per heavy atom. The Bertz CT molecular complexity index is 1100. The molecule has 2 heterocycles. The second-order valence-electron chi connectivity index (χ2n) is 6.45. The van der Waals surface area contributed by atoms with Crippen molar-refractivity contribution < 1.29 is 4.79 Å². The molecular weight excluding hydrogens is 338 g/mol. The van der Waals surface area contributed by atoms with Crippen molar-refractivity contribution in [2.45, 2.75) is 20.3 Å². The average molecular weight is 357 g/mol. The topological polar surface area (TPSA) is 72.2 Å². The molecule has 0 aliphatic rings. The lowest BCUT2D eigenvalue weighted by Crippen LogP contribution is -2.15. The van der Waals surface area contributed by atoms with Crippen LogP contribution in [0.25, 0.3) is 16.9 Å². The van der Waals surface area contributed by atoms with E-state index in [1.165, 1.54) is 0 Å². The standard InChI is InChI=1S/C21H19N5O/c1-14-12-15(2)26-21(22-14)24-19(25-26)13-20(27)23-18-10-8-17(9-11-18)16-6-4-3-5-7-16/h3-12H,13H2,1-2H3,(H,23,27). The van der Waals surface area contributed by atoms with Gasteiger partial charge in [-0.25, -0.2) is 9.50 Å². The highest BCUT2D eigenvalue weighted by Gasteiger charge is 2.12. The monoisotopic (exact) mass is 357 g/mol. The van der Waals surface area contributed by atoms with E-state index in [2.05, 4.69) is 32.5 Å². The van der Waals surface area contributed by atoms with Gasteiger partial charge in [-0.1, -0.05) is 42.5 Å². The third kappa shape index (κ3) is 3.69. The van der Waals surface area contributed by atoms with Crippen molar-refractivity contribution in [2.75, 3.05) is 5.32 Å². The smallest absolute Gasteiger partial charge is 0.252 e. The van der Waals surface area contributed by atoms with Crippen LogP contribution in [0, 0.1) is 13.8 Å². The molecule has 4 rings (SSSR count). The largest absolute Gasteiger partial charge is 0.326 e. The van der Waals surface area contributed by atoms with Gasteiger partial charge < -0.3 is 5.32 Å². The summed E-state index contributed by atoms with van der Waals surface area (Å²) >= 11 is 0. The first kappa shape index (κ1) is 16.9. The molecule has 0 unspecified atom stereocenters. The van der Waals surface area contributed by atoms with E-state index in [0.29, 0.717) is 11.6 Å². The lowest BCUT2D eigenvalue weighted by atomic mass is 10.1. The van der Waals surface area contributed by atoms with Crippen LogP contribution in [0.4, 0.5) is 5.69 Å². The van der Waals surface area contributed by atoms with Crippen LogP contribution in [0.1, 0.15) is 17.2 Å². The molecule has 1 N–H and O–H groups in total. The Hall–Kier alpha value is -3.54. The van der Waals surface area contributed by atoms with E-state index < -0.39 is 0 Å². The van der Waals surface area contributed by atoms with Crippen LogP contribution in [-0.2, 0) is 11.2 Å². The van der Waals surface area contributed by atoms with E-state index in [4.69, 9.17) is 0 Å². The average Bonchev–Trinajstić information content (AvgIpc) is 3.05. The number of anilines is 1. The maximum atomic E-state index is 12.3. The van der Waals surface area contributed by atoms with Crippen LogP contribution in [0.2, 0.25) is 0 Å². The molecule has 134 valence electrons. The molecule has 0 bridgehead atoms. The van der Waals surface area contributed by atoms with E-state index in [-0.39, 0.29) is 12.3 Å². The minimum Gasteiger partial charge on any atom is -0.326 e. The fourth-order valence-corrected chi connectivity index (χ4v) is 3.01. The van der Waals surface area contributed by atoms with Crippen molar-refractivity contribution >= 4 is 17.4 Å². The highest BCUT2D eigenvalue weighted by Crippen LogP contribution is 2.21. The fraction of sp³-hybridized carbons (Fsp3) is 0.143. The van der Waals surface area contributed by atoms with Crippen molar-refractivity contribution in [3.8, 4) is 11.1 Å². The minimum atomic E-state index is -0.159. The van der Waals surface area contributed by atoms with Crippen molar-refractivity contribution in [1.29, 1.82) is 0 Å². The molecule has 1 amide bonds. The summed E-state index contributed by atoms with van der Waals surface area (Å²) in [6.45, 7) is 3.85. The second kappa shape index (κ2) is 6.99.